The Morgan fingerprint density at radius 1 is 1.13 bits per heavy atom. The van der Waals surface area contributed by atoms with Gasteiger partial charge in [-0.2, -0.15) is 14.6 Å². The molecule has 1 N–H and O–H groups in total. The van der Waals surface area contributed by atoms with E-state index in [0.29, 0.717) is 17.2 Å². The Kier molecular flexibility index (Phi) is 7.85. The highest BCUT2D eigenvalue weighted by atomic mass is 32.2. The van der Waals surface area contributed by atoms with Crippen LogP contribution in [0.5, 0.6) is 5.88 Å². The number of nitrogens with zero attached hydrogens (tertiary/aromatic N) is 4. The summed E-state index contributed by atoms with van der Waals surface area (Å²) in [6.45, 7) is 2.99. The zero-order valence-electron chi connectivity index (χ0n) is 20.9. The highest BCUT2D eigenvalue weighted by molar-refractivity contribution is 7.91. The van der Waals surface area contributed by atoms with Gasteiger partial charge in [0.05, 0.1) is 23.1 Å². The third kappa shape index (κ3) is 5.41. The average molecular weight is 553 g/mol. The molecular weight excluding hydrogens is 530 g/mol. The molecule has 0 atom stereocenters. The molecule has 0 aliphatic rings. The molecular formula is C27H22F2N4O5S. The van der Waals surface area contributed by atoms with Crippen LogP contribution in [-0.2, 0) is 27.7 Å². The highest BCUT2D eigenvalue weighted by Gasteiger charge is 2.30. The summed E-state index contributed by atoms with van der Waals surface area (Å²) < 4.78 is 62.4. The molecule has 0 radical (unpaired) electrons. The van der Waals surface area contributed by atoms with Gasteiger partial charge in [0, 0.05) is 23.9 Å². The minimum absolute atomic E-state index is 0.0441. The van der Waals surface area contributed by atoms with Crippen LogP contribution < -0.4 is 5.56 Å². The van der Waals surface area contributed by atoms with Crippen molar-refractivity contribution in [1.29, 1.82) is 5.26 Å². The molecule has 9 nitrogen and oxygen atoms in total. The lowest BCUT2D eigenvalue weighted by atomic mass is 10.0. The molecule has 0 spiro atoms. The SMILES string of the molecule is CCOCc1nc(O)c(S(=O)(=O)c2ccc(-c3ccnc(F)c3C)c(F)c2)c(=O)n1Cc1cccc(C#N)c1. The van der Waals surface area contributed by atoms with E-state index >= 15 is 4.39 Å². The topological polar surface area (TPSA) is 135 Å². The number of hydrogen-bond donors (Lipinski definition) is 1. The lowest BCUT2D eigenvalue weighted by Gasteiger charge is -2.16. The van der Waals surface area contributed by atoms with Gasteiger partial charge in [0.15, 0.2) is 4.90 Å². The van der Waals surface area contributed by atoms with Crippen molar-refractivity contribution in [3.63, 3.8) is 0 Å². The number of aromatic hydroxyl groups is 1. The fraction of sp³-hybridized carbons (Fsp3) is 0.185. The van der Waals surface area contributed by atoms with Crippen molar-refractivity contribution in [3.8, 4) is 23.1 Å². The second-order valence-electron chi connectivity index (χ2n) is 8.44. The molecule has 4 aromatic rings. The van der Waals surface area contributed by atoms with E-state index in [1.165, 1.54) is 19.1 Å². The first-order chi connectivity index (χ1) is 18.6. The molecule has 0 saturated carbocycles. The Morgan fingerprint density at radius 3 is 2.59 bits per heavy atom. The zero-order valence-corrected chi connectivity index (χ0v) is 21.7. The number of nitriles is 1. The zero-order chi connectivity index (χ0) is 28.3. The molecule has 4 rings (SSSR count). The summed E-state index contributed by atoms with van der Waals surface area (Å²) in [6, 6.07) is 12.6. The van der Waals surface area contributed by atoms with E-state index in [-0.39, 0.29) is 42.3 Å². The van der Waals surface area contributed by atoms with Crippen molar-refractivity contribution in [2.75, 3.05) is 6.61 Å². The normalized spacial score (nSPS) is 11.4. The average Bonchev–Trinajstić information content (AvgIpc) is 2.91. The predicted octanol–water partition coefficient (Wildman–Crippen LogP) is 3.89. The first-order valence-electron chi connectivity index (χ1n) is 11.6. The summed E-state index contributed by atoms with van der Waals surface area (Å²) in [5, 5.41) is 19.8. The van der Waals surface area contributed by atoms with Gasteiger partial charge in [-0.3, -0.25) is 9.36 Å². The van der Waals surface area contributed by atoms with Crippen LogP contribution in [0.1, 0.15) is 29.4 Å². The summed E-state index contributed by atoms with van der Waals surface area (Å²) in [7, 11) is -4.77. The third-order valence-electron chi connectivity index (χ3n) is 5.97. The van der Waals surface area contributed by atoms with Gasteiger partial charge in [-0.25, -0.2) is 17.8 Å². The number of sulfone groups is 1. The van der Waals surface area contributed by atoms with Gasteiger partial charge in [-0.15, -0.1) is 0 Å². The quantitative estimate of drug-likeness (QED) is 0.325. The number of aromatic nitrogens is 3. The molecule has 0 amide bonds. The van der Waals surface area contributed by atoms with E-state index in [1.807, 2.05) is 6.07 Å². The van der Waals surface area contributed by atoms with Crippen LogP contribution in [-0.4, -0.2) is 34.7 Å². The van der Waals surface area contributed by atoms with Crippen molar-refractivity contribution in [3.05, 3.63) is 99.4 Å². The van der Waals surface area contributed by atoms with E-state index < -0.39 is 42.8 Å². The molecule has 0 unspecified atom stereocenters. The van der Waals surface area contributed by atoms with Crippen LogP contribution in [0.25, 0.3) is 11.1 Å². The molecule has 2 aromatic heterocycles. The van der Waals surface area contributed by atoms with Crippen molar-refractivity contribution >= 4 is 9.84 Å². The van der Waals surface area contributed by atoms with E-state index in [0.717, 1.165) is 22.9 Å². The summed E-state index contributed by atoms with van der Waals surface area (Å²) in [4.78, 5) is 19.3. The first kappa shape index (κ1) is 27.6. The third-order valence-corrected chi connectivity index (χ3v) is 7.74. The van der Waals surface area contributed by atoms with Gasteiger partial charge in [0.25, 0.3) is 5.56 Å². The molecule has 0 bridgehead atoms. The van der Waals surface area contributed by atoms with E-state index in [4.69, 9.17) is 4.74 Å². The largest absolute Gasteiger partial charge is 0.492 e. The van der Waals surface area contributed by atoms with E-state index in [1.54, 1.807) is 25.1 Å². The second-order valence-corrected chi connectivity index (χ2v) is 10.3. The Balaban J connectivity index is 1.84. The van der Waals surface area contributed by atoms with Crippen molar-refractivity contribution < 1.29 is 27.0 Å². The standard InChI is InChI=1S/C27H22F2N4O5S/c1-3-38-15-23-32-26(34)24(27(35)33(23)14-18-6-4-5-17(11-18)13-30)39(36,37)19-7-8-21(22(28)12-19)20-9-10-31-25(29)16(20)2/h4-12,34H,3,14-15H2,1-2H3. The molecule has 39 heavy (non-hydrogen) atoms. The lowest BCUT2D eigenvalue weighted by Crippen LogP contribution is -2.31. The van der Waals surface area contributed by atoms with Gasteiger partial charge >= 0.3 is 0 Å². The van der Waals surface area contributed by atoms with Crippen LogP contribution in [0.3, 0.4) is 0 Å². The van der Waals surface area contributed by atoms with Crippen LogP contribution in [0.15, 0.2) is 69.3 Å². The van der Waals surface area contributed by atoms with Gasteiger partial charge in [-0.1, -0.05) is 18.2 Å². The predicted molar refractivity (Wildman–Crippen MR) is 136 cm³/mol. The molecule has 12 heteroatoms. The van der Waals surface area contributed by atoms with Crippen LogP contribution >= 0.6 is 0 Å². The molecule has 0 fully saturated rings. The fourth-order valence-corrected chi connectivity index (χ4v) is 5.36. The van der Waals surface area contributed by atoms with Crippen molar-refractivity contribution in [1.82, 2.24) is 14.5 Å². The number of halogens is 2. The monoisotopic (exact) mass is 552 g/mol. The van der Waals surface area contributed by atoms with Crippen LogP contribution in [0.4, 0.5) is 8.78 Å². The minimum Gasteiger partial charge on any atom is -0.492 e. The Bertz CT molecular complexity index is 1780. The Hall–Kier alpha value is -4.47. The molecule has 2 aromatic carbocycles. The molecule has 0 aliphatic heterocycles. The number of pyridine rings is 1. The fourth-order valence-electron chi connectivity index (χ4n) is 3.99. The maximum Gasteiger partial charge on any atom is 0.277 e. The van der Waals surface area contributed by atoms with Crippen molar-refractivity contribution in [2.45, 2.75) is 36.8 Å². The summed E-state index contributed by atoms with van der Waals surface area (Å²) in [6.07, 6.45) is 1.16. The van der Waals surface area contributed by atoms with Gasteiger partial charge < -0.3 is 9.84 Å². The van der Waals surface area contributed by atoms with Gasteiger partial charge in [0.2, 0.25) is 21.7 Å². The number of hydrogen-bond acceptors (Lipinski definition) is 8. The van der Waals surface area contributed by atoms with E-state index in [9.17, 15) is 28.0 Å². The van der Waals surface area contributed by atoms with Gasteiger partial charge in [0.1, 0.15) is 18.2 Å². The Morgan fingerprint density at radius 2 is 1.90 bits per heavy atom. The number of benzene rings is 2. The summed E-state index contributed by atoms with van der Waals surface area (Å²) >= 11 is 0. The van der Waals surface area contributed by atoms with Crippen LogP contribution in [0, 0.1) is 30.0 Å². The summed E-state index contributed by atoms with van der Waals surface area (Å²) in [5.74, 6) is -2.89. The van der Waals surface area contributed by atoms with Gasteiger partial charge in [-0.05, 0) is 55.3 Å². The molecule has 200 valence electrons. The van der Waals surface area contributed by atoms with E-state index in [2.05, 4.69) is 9.97 Å². The number of rotatable bonds is 8. The molecule has 0 aliphatic carbocycles. The van der Waals surface area contributed by atoms with Crippen LogP contribution in [0.2, 0.25) is 0 Å². The smallest absolute Gasteiger partial charge is 0.277 e. The second kappa shape index (κ2) is 11.1. The molecule has 2 heterocycles. The highest BCUT2D eigenvalue weighted by Crippen LogP contribution is 2.31. The summed E-state index contributed by atoms with van der Waals surface area (Å²) in [5.41, 5.74) is -0.0997. The Labute approximate surface area is 222 Å². The maximum atomic E-state index is 15.1. The number of ether oxygens (including phenoxy) is 1. The molecule has 0 saturated heterocycles. The lowest BCUT2D eigenvalue weighted by molar-refractivity contribution is 0.123. The first-order valence-corrected chi connectivity index (χ1v) is 13.1. The minimum atomic E-state index is -4.77. The maximum absolute atomic E-state index is 15.1. The van der Waals surface area contributed by atoms with Crippen molar-refractivity contribution in [2.24, 2.45) is 0 Å².